The lowest BCUT2D eigenvalue weighted by molar-refractivity contribution is 0.266. The monoisotopic (exact) mass is 274 g/mol. The number of nitrogens with zero attached hydrogens (tertiary/aromatic N) is 1. The molecule has 96 valence electrons. The standard InChI is InChI=1S/C11H18N2O2S2/c1-11(2,3)10(12)7-13-6-8-9(4-5-16-8)17(13,14)15/h4-5,10H,6-7,12H2,1-3H3. The molecule has 0 fully saturated rings. The Kier molecular flexibility index (Phi) is 3.10. The fourth-order valence-electron chi connectivity index (χ4n) is 1.71. The molecule has 2 heterocycles. The number of fused-ring (bicyclic) bond motifs is 1. The summed E-state index contributed by atoms with van der Waals surface area (Å²) in [7, 11) is -3.29. The van der Waals surface area contributed by atoms with E-state index in [1.54, 1.807) is 6.07 Å². The third-order valence-electron chi connectivity index (χ3n) is 3.16. The molecule has 0 aromatic carbocycles. The first kappa shape index (κ1) is 13.0. The van der Waals surface area contributed by atoms with E-state index in [4.69, 9.17) is 5.73 Å². The van der Waals surface area contributed by atoms with Crippen LogP contribution in [0.5, 0.6) is 0 Å². The third-order valence-corrected chi connectivity index (χ3v) is 6.09. The normalized spacial score (nSPS) is 21.4. The van der Waals surface area contributed by atoms with Crippen molar-refractivity contribution in [1.29, 1.82) is 0 Å². The quantitative estimate of drug-likeness (QED) is 0.891. The zero-order valence-corrected chi connectivity index (χ0v) is 11.9. The molecule has 2 N–H and O–H groups in total. The summed E-state index contributed by atoms with van der Waals surface area (Å²) in [4.78, 5) is 1.38. The predicted molar refractivity (Wildman–Crippen MR) is 69.3 cm³/mol. The number of thiophene rings is 1. The molecular weight excluding hydrogens is 256 g/mol. The van der Waals surface area contributed by atoms with Gasteiger partial charge in [0.2, 0.25) is 10.0 Å². The highest BCUT2D eigenvalue weighted by Crippen LogP contribution is 2.34. The first-order valence-electron chi connectivity index (χ1n) is 5.55. The smallest absolute Gasteiger partial charge is 0.244 e. The van der Waals surface area contributed by atoms with Crippen molar-refractivity contribution < 1.29 is 8.42 Å². The fourth-order valence-corrected chi connectivity index (χ4v) is 4.65. The highest BCUT2D eigenvalue weighted by molar-refractivity contribution is 7.89. The van der Waals surface area contributed by atoms with Crippen LogP contribution in [0.15, 0.2) is 16.3 Å². The SMILES string of the molecule is CC(C)(C)C(N)CN1Cc2sccc2S1(=O)=O. The molecule has 0 bridgehead atoms. The van der Waals surface area contributed by atoms with Crippen molar-refractivity contribution in [2.45, 2.75) is 38.3 Å². The van der Waals surface area contributed by atoms with Gasteiger partial charge in [0, 0.05) is 24.0 Å². The molecule has 1 aliphatic heterocycles. The fraction of sp³-hybridized carbons (Fsp3) is 0.636. The first-order valence-corrected chi connectivity index (χ1v) is 7.87. The van der Waals surface area contributed by atoms with Crippen LogP contribution in [0.4, 0.5) is 0 Å². The van der Waals surface area contributed by atoms with Crippen LogP contribution in [0.25, 0.3) is 0 Å². The average Bonchev–Trinajstić information content (AvgIpc) is 2.70. The lowest BCUT2D eigenvalue weighted by atomic mass is 9.87. The maximum atomic E-state index is 12.2. The maximum absolute atomic E-state index is 12.2. The zero-order valence-electron chi connectivity index (χ0n) is 10.3. The van der Waals surface area contributed by atoms with Crippen LogP contribution in [0.3, 0.4) is 0 Å². The lowest BCUT2D eigenvalue weighted by Crippen LogP contribution is -2.45. The van der Waals surface area contributed by atoms with E-state index in [-0.39, 0.29) is 11.5 Å². The molecule has 17 heavy (non-hydrogen) atoms. The van der Waals surface area contributed by atoms with E-state index < -0.39 is 10.0 Å². The second-order valence-corrected chi connectivity index (χ2v) is 8.39. The molecule has 0 spiro atoms. The average molecular weight is 274 g/mol. The summed E-state index contributed by atoms with van der Waals surface area (Å²) < 4.78 is 25.9. The van der Waals surface area contributed by atoms with Crippen LogP contribution in [0.1, 0.15) is 25.6 Å². The van der Waals surface area contributed by atoms with Gasteiger partial charge in [-0.3, -0.25) is 0 Å². The minimum absolute atomic E-state index is 0.0917. The summed E-state index contributed by atoms with van der Waals surface area (Å²) >= 11 is 1.49. The summed E-state index contributed by atoms with van der Waals surface area (Å²) in [5.74, 6) is 0. The molecule has 0 saturated carbocycles. The van der Waals surface area contributed by atoms with Gasteiger partial charge in [-0.25, -0.2) is 8.42 Å². The van der Waals surface area contributed by atoms with Crippen molar-refractivity contribution in [3.05, 3.63) is 16.3 Å². The molecule has 1 aromatic rings. The van der Waals surface area contributed by atoms with Gasteiger partial charge in [-0.15, -0.1) is 11.3 Å². The number of rotatable bonds is 2. The van der Waals surface area contributed by atoms with Gasteiger partial charge in [-0.2, -0.15) is 4.31 Å². The van der Waals surface area contributed by atoms with Gasteiger partial charge < -0.3 is 5.73 Å². The zero-order chi connectivity index (χ0) is 12.8. The second kappa shape index (κ2) is 4.05. The third kappa shape index (κ3) is 2.27. The van der Waals surface area contributed by atoms with E-state index in [9.17, 15) is 8.42 Å². The molecule has 0 amide bonds. The number of sulfonamides is 1. The second-order valence-electron chi connectivity index (χ2n) is 5.48. The molecule has 0 aliphatic carbocycles. The van der Waals surface area contributed by atoms with E-state index in [1.165, 1.54) is 15.6 Å². The number of nitrogens with two attached hydrogens (primary N) is 1. The largest absolute Gasteiger partial charge is 0.326 e. The van der Waals surface area contributed by atoms with Crippen molar-refractivity contribution >= 4 is 21.4 Å². The van der Waals surface area contributed by atoms with Gasteiger partial charge >= 0.3 is 0 Å². The molecule has 1 aliphatic rings. The van der Waals surface area contributed by atoms with Gasteiger partial charge in [-0.1, -0.05) is 20.8 Å². The Labute approximate surface area is 106 Å². The van der Waals surface area contributed by atoms with Crippen LogP contribution in [-0.4, -0.2) is 25.3 Å². The van der Waals surface area contributed by atoms with Crippen molar-refractivity contribution in [2.75, 3.05) is 6.54 Å². The van der Waals surface area contributed by atoms with Gasteiger partial charge in [0.1, 0.15) is 0 Å². The van der Waals surface area contributed by atoms with Crippen molar-refractivity contribution in [3.63, 3.8) is 0 Å². The highest BCUT2D eigenvalue weighted by Gasteiger charge is 2.37. The predicted octanol–water partition coefficient (Wildman–Crippen LogP) is 1.63. The van der Waals surface area contributed by atoms with Crippen LogP contribution >= 0.6 is 11.3 Å². The Hall–Kier alpha value is -0.430. The minimum atomic E-state index is -3.29. The lowest BCUT2D eigenvalue weighted by Gasteiger charge is -2.30. The van der Waals surface area contributed by atoms with Gasteiger partial charge in [0.15, 0.2) is 0 Å². The minimum Gasteiger partial charge on any atom is -0.326 e. The van der Waals surface area contributed by atoms with Crippen LogP contribution < -0.4 is 5.73 Å². The van der Waals surface area contributed by atoms with Gasteiger partial charge in [-0.05, 0) is 16.9 Å². The van der Waals surface area contributed by atoms with E-state index in [1.807, 2.05) is 26.2 Å². The van der Waals surface area contributed by atoms with E-state index in [0.29, 0.717) is 18.0 Å². The molecule has 1 unspecified atom stereocenters. The van der Waals surface area contributed by atoms with E-state index in [0.717, 1.165) is 4.88 Å². The van der Waals surface area contributed by atoms with Crippen molar-refractivity contribution in [2.24, 2.45) is 11.1 Å². The van der Waals surface area contributed by atoms with Crippen LogP contribution in [0.2, 0.25) is 0 Å². The molecule has 1 aromatic heterocycles. The van der Waals surface area contributed by atoms with E-state index >= 15 is 0 Å². The van der Waals surface area contributed by atoms with E-state index in [2.05, 4.69) is 0 Å². The van der Waals surface area contributed by atoms with Crippen molar-refractivity contribution in [3.8, 4) is 0 Å². The molecule has 4 nitrogen and oxygen atoms in total. The Morgan fingerprint density at radius 1 is 1.53 bits per heavy atom. The molecule has 6 heteroatoms. The summed E-state index contributed by atoms with van der Waals surface area (Å²) in [5.41, 5.74) is 5.96. The molecule has 1 atom stereocenters. The highest BCUT2D eigenvalue weighted by atomic mass is 32.2. The first-order chi connectivity index (χ1) is 7.73. The Morgan fingerprint density at radius 2 is 2.18 bits per heavy atom. The maximum Gasteiger partial charge on any atom is 0.244 e. The van der Waals surface area contributed by atoms with Gasteiger partial charge in [0.25, 0.3) is 0 Å². The number of hydrogen-bond donors (Lipinski definition) is 1. The van der Waals surface area contributed by atoms with Crippen LogP contribution in [-0.2, 0) is 16.6 Å². The Balaban J connectivity index is 2.20. The van der Waals surface area contributed by atoms with Crippen molar-refractivity contribution in [1.82, 2.24) is 4.31 Å². The Bertz CT molecular complexity index is 514. The van der Waals surface area contributed by atoms with Crippen LogP contribution in [0, 0.1) is 5.41 Å². The Morgan fingerprint density at radius 3 is 2.71 bits per heavy atom. The summed E-state index contributed by atoms with van der Waals surface area (Å²) in [6.07, 6.45) is 0. The number of hydrogen-bond acceptors (Lipinski definition) is 4. The summed E-state index contributed by atoms with van der Waals surface area (Å²) in [5, 5.41) is 1.82. The molecule has 0 saturated heterocycles. The summed E-state index contributed by atoms with van der Waals surface area (Å²) in [6, 6.07) is 1.52. The molecule has 0 radical (unpaired) electrons. The summed E-state index contributed by atoms with van der Waals surface area (Å²) in [6.45, 7) is 6.93. The van der Waals surface area contributed by atoms with Gasteiger partial charge in [0.05, 0.1) is 4.90 Å². The molecule has 2 rings (SSSR count). The molecular formula is C11H18N2O2S2. The topological polar surface area (TPSA) is 63.4 Å².